The number of carbonyl (C=O) groups excluding carboxylic acids is 1. The minimum absolute atomic E-state index is 0.0739. The molecule has 1 amide bonds. The van der Waals surface area contributed by atoms with Crippen LogP contribution >= 0.6 is 0 Å². The van der Waals surface area contributed by atoms with E-state index in [2.05, 4.69) is 4.98 Å². The number of ether oxygens (including phenoxy) is 1. The number of amides is 1. The van der Waals surface area contributed by atoms with Crippen LogP contribution in [0.5, 0.6) is 0 Å². The fourth-order valence-corrected chi connectivity index (χ4v) is 3.77. The minimum atomic E-state index is -0.268. The fraction of sp³-hybridized carbons (Fsp3) is 0.318. The molecule has 0 saturated carbocycles. The summed E-state index contributed by atoms with van der Waals surface area (Å²) in [5, 5.41) is 0.844. The van der Waals surface area contributed by atoms with E-state index in [1.165, 1.54) is 6.07 Å². The number of benzene rings is 2. The lowest BCUT2D eigenvalue weighted by Gasteiger charge is -2.31. The molecule has 140 valence electrons. The van der Waals surface area contributed by atoms with E-state index in [0.717, 1.165) is 27.7 Å². The Bertz CT molecular complexity index is 952. The molecule has 1 fully saturated rings. The van der Waals surface area contributed by atoms with E-state index >= 15 is 0 Å². The van der Waals surface area contributed by atoms with Gasteiger partial charge in [0, 0.05) is 36.1 Å². The van der Waals surface area contributed by atoms with Gasteiger partial charge in [0.05, 0.1) is 12.7 Å². The van der Waals surface area contributed by atoms with Gasteiger partial charge in [-0.3, -0.25) is 4.79 Å². The Hall–Kier alpha value is -2.66. The van der Waals surface area contributed by atoms with Gasteiger partial charge in [0.15, 0.2) is 0 Å². The Balaban J connectivity index is 1.63. The molecule has 5 heteroatoms. The zero-order valence-corrected chi connectivity index (χ0v) is 15.4. The first-order valence-corrected chi connectivity index (χ1v) is 9.36. The number of morpholine rings is 1. The molecule has 4 rings (SSSR count). The summed E-state index contributed by atoms with van der Waals surface area (Å²) in [6, 6.07) is 14.7. The summed E-state index contributed by atoms with van der Waals surface area (Å²) in [5.74, 6) is -0.148. The number of H-pyrrole nitrogens is 1. The molecule has 1 saturated heterocycles. The average Bonchev–Trinajstić information content (AvgIpc) is 3.04. The Morgan fingerprint density at radius 2 is 2.07 bits per heavy atom. The predicted octanol–water partition coefficient (Wildman–Crippen LogP) is 4.15. The molecule has 2 heterocycles. The summed E-state index contributed by atoms with van der Waals surface area (Å²) in [6.45, 7) is 3.83. The summed E-state index contributed by atoms with van der Waals surface area (Å²) >= 11 is 0. The van der Waals surface area contributed by atoms with Gasteiger partial charge in [0.2, 0.25) is 5.91 Å². The van der Waals surface area contributed by atoms with Crippen molar-refractivity contribution in [2.75, 3.05) is 19.7 Å². The van der Waals surface area contributed by atoms with Gasteiger partial charge in [-0.05, 0) is 42.7 Å². The molecule has 0 radical (unpaired) electrons. The van der Waals surface area contributed by atoms with Crippen LogP contribution in [0.4, 0.5) is 4.39 Å². The topological polar surface area (TPSA) is 45.3 Å². The van der Waals surface area contributed by atoms with Crippen LogP contribution < -0.4 is 0 Å². The standard InChI is InChI=1S/C22H23FN2O2/c1-15-14-25(11-12-27-15)21(26)10-8-18-19-13-17(23)7-9-20(19)24-22(18)16-5-3-2-4-6-16/h2-7,9,13,15,24H,8,10-12,14H2,1H3/t15-/m0/s1. The van der Waals surface area contributed by atoms with Crippen molar-refractivity contribution in [1.29, 1.82) is 0 Å². The van der Waals surface area contributed by atoms with Gasteiger partial charge >= 0.3 is 0 Å². The maximum absolute atomic E-state index is 13.9. The number of nitrogens with zero attached hydrogens (tertiary/aromatic N) is 1. The van der Waals surface area contributed by atoms with E-state index in [9.17, 15) is 9.18 Å². The summed E-state index contributed by atoms with van der Waals surface area (Å²) < 4.78 is 19.4. The number of aromatic nitrogens is 1. The van der Waals surface area contributed by atoms with Crippen LogP contribution in [0, 0.1) is 5.82 Å². The Kier molecular flexibility index (Phi) is 4.94. The molecule has 2 aromatic carbocycles. The molecule has 1 aliphatic rings. The molecule has 0 spiro atoms. The van der Waals surface area contributed by atoms with Crippen LogP contribution in [0.15, 0.2) is 48.5 Å². The molecule has 0 aliphatic carbocycles. The summed E-state index contributed by atoms with van der Waals surface area (Å²) in [7, 11) is 0. The van der Waals surface area contributed by atoms with Crippen LogP contribution in [0.2, 0.25) is 0 Å². The van der Waals surface area contributed by atoms with E-state index < -0.39 is 0 Å². The van der Waals surface area contributed by atoms with Crippen molar-refractivity contribution in [2.24, 2.45) is 0 Å². The van der Waals surface area contributed by atoms with Crippen LogP contribution in [0.3, 0.4) is 0 Å². The lowest BCUT2D eigenvalue weighted by atomic mass is 10.0. The first-order valence-electron chi connectivity index (χ1n) is 9.36. The highest BCUT2D eigenvalue weighted by Gasteiger charge is 2.22. The third kappa shape index (κ3) is 3.74. The third-order valence-electron chi connectivity index (χ3n) is 5.11. The van der Waals surface area contributed by atoms with E-state index in [0.29, 0.717) is 32.5 Å². The van der Waals surface area contributed by atoms with Crippen molar-refractivity contribution in [3.05, 3.63) is 59.9 Å². The SMILES string of the molecule is C[C@H]1CN(C(=O)CCc2c(-c3ccccc3)[nH]c3ccc(F)cc23)CCO1. The van der Waals surface area contributed by atoms with E-state index in [1.807, 2.05) is 42.2 Å². The van der Waals surface area contributed by atoms with Crippen LogP contribution in [-0.2, 0) is 16.0 Å². The number of rotatable bonds is 4. The molecular formula is C22H23FN2O2. The summed E-state index contributed by atoms with van der Waals surface area (Å²) in [4.78, 5) is 17.9. The normalized spacial score (nSPS) is 17.4. The van der Waals surface area contributed by atoms with Crippen molar-refractivity contribution < 1.29 is 13.9 Å². The molecule has 27 heavy (non-hydrogen) atoms. The van der Waals surface area contributed by atoms with E-state index in [1.54, 1.807) is 12.1 Å². The second kappa shape index (κ2) is 7.53. The highest BCUT2D eigenvalue weighted by molar-refractivity contribution is 5.91. The van der Waals surface area contributed by atoms with Gasteiger partial charge in [-0.2, -0.15) is 0 Å². The maximum atomic E-state index is 13.9. The van der Waals surface area contributed by atoms with Crippen LogP contribution in [0.1, 0.15) is 18.9 Å². The van der Waals surface area contributed by atoms with Gasteiger partial charge in [-0.1, -0.05) is 30.3 Å². The first-order chi connectivity index (χ1) is 13.1. The van der Waals surface area contributed by atoms with Gasteiger partial charge in [0.25, 0.3) is 0 Å². The number of fused-ring (bicyclic) bond motifs is 1. The van der Waals surface area contributed by atoms with Gasteiger partial charge in [-0.25, -0.2) is 4.39 Å². The third-order valence-corrected chi connectivity index (χ3v) is 5.11. The summed E-state index contributed by atoms with van der Waals surface area (Å²) in [5.41, 5.74) is 3.87. The van der Waals surface area contributed by atoms with Gasteiger partial charge < -0.3 is 14.6 Å². The highest BCUT2D eigenvalue weighted by Crippen LogP contribution is 2.32. The Labute approximate surface area is 157 Å². The monoisotopic (exact) mass is 366 g/mol. The zero-order chi connectivity index (χ0) is 18.8. The minimum Gasteiger partial charge on any atom is -0.375 e. The highest BCUT2D eigenvalue weighted by atomic mass is 19.1. The quantitative estimate of drug-likeness (QED) is 0.754. The molecule has 1 aromatic heterocycles. The largest absolute Gasteiger partial charge is 0.375 e. The Morgan fingerprint density at radius 3 is 2.85 bits per heavy atom. The number of carbonyl (C=O) groups is 1. The lowest BCUT2D eigenvalue weighted by molar-refractivity contribution is -0.138. The van der Waals surface area contributed by atoms with Crippen LogP contribution in [-0.4, -0.2) is 41.6 Å². The zero-order valence-electron chi connectivity index (χ0n) is 15.4. The number of hydrogen-bond donors (Lipinski definition) is 1. The predicted molar refractivity (Wildman–Crippen MR) is 104 cm³/mol. The van der Waals surface area contributed by atoms with E-state index in [4.69, 9.17) is 4.74 Å². The summed E-state index contributed by atoms with van der Waals surface area (Å²) in [6.07, 6.45) is 1.04. The van der Waals surface area contributed by atoms with Crippen molar-refractivity contribution in [3.8, 4) is 11.3 Å². The maximum Gasteiger partial charge on any atom is 0.223 e. The van der Waals surface area contributed by atoms with Gasteiger partial charge in [0.1, 0.15) is 5.82 Å². The molecule has 3 aromatic rings. The number of hydrogen-bond acceptors (Lipinski definition) is 2. The molecule has 1 aliphatic heterocycles. The van der Waals surface area contributed by atoms with Crippen molar-refractivity contribution in [3.63, 3.8) is 0 Å². The molecular weight excluding hydrogens is 343 g/mol. The smallest absolute Gasteiger partial charge is 0.223 e. The number of halogens is 1. The molecule has 0 bridgehead atoms. The van der Waals surface area contributed by atoms with Crippen molar-refractivity contribution in [1.82, 2.24) is 9.88 Å². The first kappa shape index (κ1) is 17.7. The number of aromatic amines is 1. The molecule has 0 unspecified atom stereocenters. The Morgan fingerprint density at radius 1 is 1.26 bits per heavy atom. The second-order valence-corrected chi connectivity index (χ2v) is 7.06. The number of aryl methyl sites for hydroxylation is 1. The fourth-order valence-electron chi connectivity index (χ4n) is 3.77. The molecule has 1 N–H and O–H groups in total. The molecule has 4 nitrogen and oxygen atoms in total. The molecule has 1 atom stereocenters. The lowest BCUT2D eigenvalue weighted by Crippen LogP contribution is -2.44. The van der Waals surface area contributed by atoms with Crippen molar-refractivity contribution >= 4 is 16.8 Å². The average molecular weight is 366 g/mol. The number of nitrogens with one attached hydrogen (secondary N) is 1. The second-order valence-electron chi connectivity index (χ2n) is 7.06. The van der Waals surface area contributed by atoms with Gasteiger partial charge in [-0.15, -0.1) is 0 Å². The van der Waals surface area contributed by atoms with E-state index in [-0.39, 0.29) is 17.8 Å². The van der Waals surface area contributed by atoms with Crippen molar-refractivity contribution in [2.45, 2.75) is 25.9 Å². The van der Waals surface area contributed by atoms with Crippen LogP contribution in [0.25, 0.3) is 22.2 Å².